The van der Waals surface area contributed by atoms with Gasteiger partial charge >= 0.3 is 11.9 Å². The second-order valence-electron chi connectivity index (χ2n) is 5.06. The lowest BCUT2D eigenvalue weighted by molar-refractivity contribution is -0.139. The highest BCUT2D eigenvalue weighted by atomic mass is 19.4. The number of rotatable bonds is 4. The first-order valence-electron chi connectivity index (χ1n) is 7.05. The van der Waals surface area contributed by atoms with Crippen molar-refractivity contribution in [3.63, 3.8) is 0 Å². The third kappa shape index (κ3) is 3.82. The molecule has 2 N–H and O–H groups in total. The molecule has 0 bridgehead atoms. The molecule has 0 saturated carbocycles. The molecule has 0 aliphatic carbocycles. The van der Waals surface area contributed by atoms with Crippen LogP contribution in [0.2, 0.25) is 0 Å². The van der Waals surface area contributed by atoms with Crippen molar-refractivity contribution in [1.82, 2.24) is 4.98 Å². The fraction of sp³-hybridized carbons (Fsp3) is 0.125. The Balaban J connectivity index is 1.68. The molecule has 0 aliphatic rings. The minimum atomic E-state index is -4.58. The zero-order chi connectivity index (χ0) is 18.0. The van der Waals surface area contributed by atoms with Gasteiger partial charge in [0.05, 0.1) is 11.1 Å². The molecule has 0 unspecified atom stereocenters. The minimum Gasteiger partial charge on any atom is -0.483 e. The molecule has 25 heavy (non-hydrogen) atoms. The summed E-state index contributed by atoms with van der Waals surface area (Å²) < 4.78 is 48.4. The number of fused-ring (bicyclic) bond motifs is 1. The smallest absolute Gasteiger partial charge is 0.419 e. The summed E-state index contributed by atoms with van der Waals surface area (Å²) in [5.41, 5.74) is 0.0759. The van der Waals surface area contributed by atoms with Gasteiger partial charge in [0.25, 0.3) is 5.91 Å². The predicted octanol–water partition coefficient (Wildman–Crippen LogP) is 3.16. The van der Waals surface area contributed by atoms with Gasteiger partial charge in [-0.2, -0.15) is 13.2 Å². The molecule has 3 rings (SSSR count). The molecule has 0 spiro atoms. The molecule has 3 aromatic rings. The van der Waals surface area contributed by atoms with Crippen molar-refractivity contribution in [1.29, 1.82) is 0 Å². The molecule has 0 atom stereocenters. The number of aromatic nitrogens is 1. The van der Waals surface area contributed by atoms with E-state index in [1.807, 2.05) is 0 Å². The van der Waals surface area contributed by atoms with Crippen LogP contribution in [-0.2, 0) is 11.0 Å². The summed E-state index contributed by atoms with van der Waals surface area (Å²) >= 11 is 0. The molecule has 2 aromatic carbocycles. The van der Waals surface area contributed by atoms with E-state index < -0.39 is 35.8 Å². The highest BCUT2D eigenvalue weighted by Crippen LogP contribution is 2.35. The summed E-state index contributed by atoms with van der Waals surface area (Å²) in [5, 5.41) is 2.46. The van der Waals surface area contributed by atoms with Crippen molar-refractivity contribution < 1.29 is 27.1 Å². The van der Waals surface area contributed by atoms with Crippen LogP contribution in [0.1, 0.15) is 5.56 Å². The van der Waals surface area contributed by atoms with Gasteiger partial charge < -0.3 is 14.5 Å². The van der Waals surface area contributed by atoms with Crippen molar-refractivity contribution in [3.8, 4) is 5.75 Å². The van der Waals surface area contributed by atoms with Crippen molar-refractivity contribution in [3.05, 3.63) is 58.6 Å². The number of oxazole rings is 1. The number of carbonyl (C=O) groups excluding carboxylic acids is 1. The number of anilines is 1. The van der Waals surface area contributed by atoms with E-state index in [2.05, 4.69) is 10.3 Å². The van der Waals surface area contributed by atoms with Gasteiger partial charge in [0.2, 0.25) is 0 Å². The topological polar surface area (TPSA) is 84.3 Å². The number of alkyl halides is 3. The average Bonchev–Trinajstić information content (AvgIpc) is 2.91. The van der Waals surface area contributed by atoms with Crippen LogP contribution in [0.25, 0.3) is 11.1 Å². The zero-order valence-corrected chi connectivity index (χ0v) is 12.5. The SMILES string of the molecule is O=C(COc1ccccc1C(F)(F)F)Nc1ccc2oc(=O)[nH]c2c1. The summed E-state index contributed by atoms with van der Waals surface area (Å²) in [6.07, 6.45) is -4.58. The predicted molar refractivity (Wildman–Crippen MR) is 82.4 cm³/mol. The molecule has 9 heteroatoms. The van der Waals surface area contributed by atoms with E-state index in [1.165, 1.54) is 30.3 Å². The summed E-state index contributed by atoms with van der Waals surface area (Å²) in [6, 6.07) is 9.04. The number of carbonyl (C=O) groups is 1. The summed E-state index contributed by atoms with van der Waals surface area (Å²) in [4.78, 5) is 25.4. The van der Waals surface area contributed by atoms with E-state index in [1.54, 1.807) is 0 Å². The van der Waals surface area contributed by atoms with E-state index in [4.69, 9.17) is 9.15 Å². The number of halogens is 3. The number of para-hydroxylation sites is 1. The average molecular weight is 352 g/mol. The monoisotopic (exact) mass is 352 g/mol. The lowest BCUT2D eigenvalue weighted by atomic mass is 10.2. The van der Waals surface area contributed by atoms with Gasteiger partial charge in [-0.3, -0.25) is 9.78 Å². The molecule has 1 aromatic heterocycles. The standard InChI is InChI=1S/C16H11F3N2O4/c17-16(18,19)10-3-1-2-4-12(10)24-8-14(22)20-9-5-6-13-11(7-9)21-15(23)25-13/h1-7H,8H2,(H,20,22)(H,21,23). The highest BCUT2D eigenvalue weighted by molar-refractivity contribution is 5.93. The Kier molecular flexibility index (Phi) is 4.22. The van der Waals surface area contributed by atoms with Crippen LogP contribution in [-0.4, -0.2) is 17.5 Å². The molecular formula is C16H11F3N2O4. The Hall–Kier alpha value is -3.23. The molecule has 130 valence electrons. The van der Waals surface area contributed by atoms with Crippen LogP contribution in [0.3, 0.4) is 0 Å². The molecule has 0 radical (unpaired) electrons. The lowest BCUT2D eigenvalue weighted by Gasteiger charge is -2.13. The quantitative estimate of drug-likeness (QED) is 0.755. The first kappa shape index (κ1) is 16.6. The number of amides is 1. The maximum Gasteiger partial charge on any atom is 0.419 e. The summed E-state index contributed by atoms with van der Waals surface area (Å²) in [5.74, 6) is -1.72. The summed E-state index contributed by atoms with van der Waals surface area (Å²) in [6.45, 7) is -0.604. The maximum atomic E-state index is 12.9. The van der Waals surface area contributed by atoms with Gasteiger partial charge in [-0.15, -0.1) is 0 Å². The van der Waals surface area contributed by atoms with E-state index in [0.29, 0.717) is 16.8 Å². The van der Waals surface area contributed by atoms with Crippen LogP contribution in [0.5, 0.6) is 5.75 Å². The molecule has 0 fully saturated rings. The number of benzene rings is 2. The molecule has 1 heterocycles. The lowest BCUT2D eigenvalue weighted by Crippen LogP contribution is -2.21. The van der Waals surface area contributed by atoms with E-state index in [9.17, 15) is 22.8 Å². The number of nitrogens with one attached hydrogen (secondary N) is 2. The van der Waals surface area contributed by atoms with Crippen molar-refractivity contribution in [2.24, 2.45) is 0 Å². The third-order valence-corrected chi connectivity index (χ3v) is 3.25. The largest absolute Gasteiger partial charge is 0.483 e. The first-order valence-corrected chi connectivity index (χ1v) is 7.05. The summed E-state index contributed by atoms with van der Waals surface area (Å²) in [7, 11) is 0. The van der Waals surface area contributed by atoms with Crippen molar-refractivity contribution in [2.75, 3.05) is 11.9 Å². The molecule has 0 aliphatic heterocycles. The van der Waals surface area contributed by atoms with Crippen LogP contribution >= 0.6 is 0 Å². The second kappa shape index (κ2) is 6.34. The van der Waals surface area contributed by atoms with Crippen LogP contribution in [0, 0.1) is 0 Å². The Bertz CT molecular complexity index is 975. The molecule has 6 nitrogen and oxygen atoms in total. The fourth-order valence-electron chi connectivity index (χ4n) is 2.20. The number of H-pyrrole nitrogens is 1. The van der Waals surface area contributed by atoms with Gasteiger partial charge in [0, 0.05) is 5.69 Å². The van der Waals surface area contributed by atoms with Crippen molar-refractivity contribution >= 4 is 22.7 Å². The molecular weight excluding hydrogens is 341 g/mol. The van der Waals surface area contributed by atoms with Gasteiger partial charge in [0.15, 0.2) is 12.2 Å². The van der Waals surface area contributed by atoms with Crippen LogP contribution in [0.4, 0.5) is 18.9 Å². The minimum absolute atomic E-state index is 0.318. The van der Waals surface area contributed by atoms with Crippen LogP contribution < -0.4 is 15.8 Å². The molecule has 1 amide bonds. The fourth-order valence-corrected chi connectivity index (χ4v) is 2.20. The number of hydrogen-bond donors (Lipinski definition) is 2. The second-order valence-corrected chi connectivity index (χ2v) is 5.06. The normalized spacial score (nSPS) is 11.5. The van der Waals surface area contributed by atoms with Gasteiger partial charge in [-0.25, -0.2) is 4.79 Å². The van der Waals surface area contributed by atoms with Crippen molar-refractivity contribution in [2.45, 2.75) is 6.18 Å². The Labute approximate surface area is 138 Å². The Morgan fingerprint density at radius 2 is 1.96 bits per heavy atom. The Morgan fingerprint density at radius 3 is 2.72 bits per heavy atom. The van der Waals surface area contributed by atoms with Crippen LogP contribution in [0.15, 0.2) is 51.7 Å². The number of hydrogen-bond acceptors (Lipinski definition) is 4. The van der Waals surface area contributed by atoms with Gasteiger partial charge in [-0.1, -0.05) is 12.1 Å². The number of aromatic amines is 1. The van der Waals surface area contributed by atoms with E-state index in [0.717, 1.165) is 12.1 Å². The van der Waals surface area contributed by atoms with Gasteiger partial charge in [-0.05, 0) is 30.3 Å². The van der Waals surface area contributed by atoms with E-state index >= 15 is 0 Å². The van der Waals surface area contributed by atoms with Gasteiger partial charge in [0.1, 0.15) is 5.75 Å². The first-order chi connectivity index (χ1) is 11.8. The molecule has 0 saturated heterocycles. The highest BCUT2D eigenvalue weighted by Gasteiger charge is 2.34. The third-order valence-electron chi connectivity index (χ3n) is 3.25. The number of ether oxygens (including phenoxy) is 1. The van der Waals surface area contributed by atoms with E-state index in [-0.39, 0.29) is 0 Å². The zero-order valence-electron chi connectivity index (χ0n) is 12.5. The Morgan fingerprint density at radius 1 is 1.20 bits per heavy atom. The maximum absolute atomic E-state index is 12.9.